The van der Waals surface area contributed by atoms with Crippen molar-refractivity contribution in [2.24, 2.45) is 0 Å². The summed E-state index contributed by atoms with van der Waals surface area (Å²) in [6.07, 6.45) is 0. The monoisotopic (exact) mass is 716 g/mol. The molecule has 0 aliphatic heterocycles. The second-order valence-corrected chi connectivity index (χ2v) is 15.4. The highest BCUT2D eigenvalue weighted by atomic mass is 16.3. The molecular weight excluding hydrogens is 681 g/mol. The first-order valence-electron chi connectivity index (χ1n) is 19.2. The van der Waals surface area contributed by atoms with Gasteiger partial charge < -0.3 is 4.42 Å². The summed E-state index contributed by atoms with van der Waals surface area (Å²) in [6.45, 7) is 4.65. The molecule has 0 fully saturated rings. The number of hydrogen-bond donors (Lipinski definition) is 0. The highest BCUT2D eigenvalue weighted by Gasteiger charge is 2.36. The van der Waals surface area contributed by atoms with Gasteiger partial charge in [0.25, 0.3) is 0 Å². The largest absolute Gasteiger partial charge is 0.456 e. The number of nitrogens with zero attached hydrogens (tertiary/aromatic N) is 2. The molecule has 2 heterocycles. The van der Waals surface area contributed by atoms with E-state index in [9.17, 15) is 0 Å². The summed E-state index contributed by atoms with van der Waals surface area (Å²) in [5.41, 5.74) is 16.2. The second-order valence-electron chi connectivity index (χ2n) is 15.4. The summed E-state index contributed by atoms with van der Waals surface area (Å²) in [5.74, 6) is 0.700. The minimum atomic E-state index is -0.118. The zero-order valence-electron chi connectivity index (χ0n) is 31.1. The van der Waals surface area contributed by atoms with Crippen molar-refractivity contribution in [2.45, 2.75) is 19.3 Å². The molecule has 264 valence electrons. The molecule has 0 bridgehead atoms. The maximum absolute atomic E-state index is 6.40. The van der Waals surface area contributed by atoms with Gasteiger partial charge in [0, 0.05) is 32.9 Å². The van der Waals surface area contributed by atoms with E-state index < -0.39 is 0 Å². The van der Waals surface area contributed by atoms with Crippen LogP contribution in [-0.2, 0) is 5.41 Å². The Kier molecular flexibility index (Phi) is 7.20. The fourth-order valence-electron chi connectivity index (χ4n) is 8.88. The first-order valence-corrected chi connectivity index (χ1v) is 19.2. The van der Waals surface area contributed by atoms with E-state index >= 15 is 0 Å². The quantitative estimate of drug-likeness (QED) is 0.178. The molecule has 0 amide bonds. The van der Waals surface area contributed by atoms with Crippen LogP contribution in [0.3, 0.4) is 0 Å². The summed E-state index contributed by atoms with van der Waals surface area (Å²) in [5, 5.41) is 4.65. The Balaban J connectivity index is 1.15. The molecule has 0 atom stereocenters. The van der Waals surface area contributed by atoms with Crippen molar-refractivity contribution >= 4 is 32.7 Å². The molecule has 3 heteroatoms. The fraction of sp³-hybridized carbons (Fsp3) is 0.0566. The van der Waals surface area contributed by atoms with E-state index in [-0.39, 0.29) is 5.41 Å². The van der Waals surface area contributed by atoms with Gasteiger partial charge in [-0.25, -0.2) is 9.97 Å². The smallest absolute Gasteiger partial charge is 0.160 e. The Morgan fingerprint density at radius 1 is 0.411 bits per heavy atom. The van der Waals surface area contributed by atoms with Gasteiger partial charge in [0.2, 0.25) is 0 Å². The number of benzene rings is 8. The van der Waals surface area contributed by atoms with Crippen molar-refractivity contribution in [1.29, 1.82) is 0 Å². The fourth-order valence-corrected chi connectivity index (χ4v) is 8.88. The van der Waals surface area contributed by atoms with Crippen molar-refractivity contribution in [3.8, 4) is 67.3 Å². The van der Waals surface area contributed by atoms with Crippen LogP contribution in [0.1, 0.15) is 25.0 Å². The van der Waals surface area contributed by atoms with Crippen LogP contribution >= 0.6 is 0 Å². The predicted octanol–water partition coefficient (Wildman–Crippen LogP) is 14.2. The summed E-state index contributed by atoms with van der Waals surface area (Å²) in [6, 6.07) is 64.8. The maximum atomic E-state index is 6.40. The van der Waals surface area contributed by atoms with E-state index in [4.69, 9.17) is 14.4 Å². The third-order valence-electron chi connectivity index (χ3n) is 11.7. The van der Waals surface area contributed by atoms with Gasteiger partial charge in [0.15, 0.2) is 5.82 Å². The molecule has 3 nitrogen and oxygen atoms in total. The van der Waals surface area contributed by atoms with Crippen LogP contribution < -0.4 is 0 Å². The molecule has 0 radical (unpaired) electrons. The zero-order chi connectivity index (χ0) is 37.4. The Bertz CT molecular complexity index is 3160. The molecule has 0 unspecified atom stereocenters. The van der Waals surface area contributed by atoms with Gasteiger partial charge in [0.05, 0.1) is 11.4 Å². The lowest BCUT2D eigenvalue weighted by Crippen LogP contribution is -2.14. The van der Waals surface area contributed by atoms with Crippen molar-refractivity contribution < 1.29 is 4.42 Å². The lowest BCUT2D eigenvalue weighted by atomic mass is 9.82. The van der Waals surface area contributed by atoms with Crippen LogP contribution in [-0.4, -0.2) is 9.97 Å². The normalized spacial score (nSPS) is 13.0. The average Bonchev–Trinajstić information content (AvgIpc) is 3.76. The van der Waals surface area contributed by atoms with Gasteiger partial charge in [-0.05, 0) is 97.7 Å². The SMILES string of the molecule is CC1(C)c2ccccc2-c2c(-c3cc(-c4cc(-c5ccccc5)cc(-c5ccc6oc7ccc8ccccc8c7c6c5)c4)nc(-c4ccccc4)n3)cccc21. The van der Waals surface area contributed by atoms with E-state index in [1.165, 1.54) is 33.0 Å². The van der Waals surface area contributed by atoms with Crippen molar-refractivity contribution in [1.82, 2.24) is 9.97 Å². The molecule has 8 aromatic carbocycles. The summed E-state index contributed by atoms with van der Waals surface area (Å²) in [7, 11) is 0. The number of hydrogen-bond acceptors (Lipinski definition) is 3. The van der Waals surface area contributed by atoms with Gasteiger partial charge in [0.1, 0.15) is 11.2 Å². The molecule has 10 aromatic rings. The lowest BCUT2D eigenvalue weighted by molar-refractivity contribution is 0.660. The van der Waals surface area contributed by atoms with Crippen LogP contribution in [0.25, 0.3) is 100.0 Å². The van der Waals surface area contributed by atoms with Crippen molar-refractivity contribution in [3.05, 3.63) is 193 Å². The van der Waals surface area contributed by atoms with Crippen LogP contribution in [0.2, 0.25) is 0 Å². The first-order chi connectivity index (χ1) is 27.5. The molecule has 0 saturated heterocycles. The minimum Gasteiger partial charge on any atom is -0.456 e. The standard InChI is InChI=1S/C53H36N2O/c1-53(2)44-22-12-11-20-41(44)50-42(21-13-23-45(50)53)47-32-46(54-52(55-47)35-17-7-4-8-18-35)39-29-37(33-14-5-3-6-15-33)28-38(30-39)36-25-26-48-43(31-36)51-40-19-10-9-16-34(40)24-27-49(51)56-48/h3-32H,1-2H3. The molecule has 56 heavy (non-hydrogen) atoms. The van der Waals surface area contributed by atoms with E-state index in [0.717, 1.165) is 72.3 Å². The minimum absolute atomic E-state index is 0.118. The Hall–Kier alpha value is -7.10. The molecule has 11 rings (SSSR count). The average molecular weight is 717 g/mol. The zero-order valence-corrected chi connectivity index (χ0v) is 31.1. The van der Waals surface area contributed by atoms with Crippen LogP contribution in [0.4, 0.5) is 0 Å². The second kappa shape index (κ2) is 12.5. The highest BCUT2D eigenvalue weighted by Crippen LogP contribution is 2.52. The van der Waals surface area contributed by atoms with E-state index in [1.807, 2.05) is 6.07 Å². The topological polar surface area (TPSA) is 38.9 Å². The van der Waals surface area contributed by atoms with Crippen LogP contribution in [0, 0.1) is 0 Å². The third kappa shape index (κ3) is 5.12. The Labute approximate surface area is 325 Å². The molecule has 0 saturated carbocycles. The summed E-state index contributed by atoms with van der Waals surface area (Å²) in [4.78, 5) is 10.6. The van der Waals surface area contributed by atoms with Crippen molar-refractivity contribution in [3.63, 3.8) is 0 Å². The Morgan fingerprint density at radius 2 is 1.05 bits per heavy atom. The van der Waals surface area contributed by atoms with E-state index in [2.05, 4.69) is 190 Å². The lowest BCUT2D eigenvalue weighted by Gasteiger charge is -2.21. The van der Waals surface area contributed by atoms with Gasteiger partial charge >= 0.3 is 0 Å². The van der Waals surface area contributed by atoms with Crippen molar-refractivity contribution in [2.75, 3.05) is 0 Å². The molecular formula is C53H36N2O. The van der Waals surface area contributed by atoms with Gasteiger partial charge in [-0.15, -0.1) is 0 Å². The van der Waals surface area contributed by atoms with Gasteiger partial charge in [-0.1, -0.05) is 153 Å². The van der Waals surface area contributed by atoms with Gasteiger partial charge in [-0.2, -0.15) is 0 Å². The van der Waals surface area contributed by atoms with E-state index in [0.29, 0.717) is 5.82 Å². The maximum Gasteiger partial charge on any atom is 0.160 e. The number of fused-ring (bicyclic) bond motifs is 8. The number of rotatable bonds is 5. The highest BCUT2D eigenvalue weighted by molar-refractivity contribution is 6.19. The molecule has 1 aliphatic rings. The van der Waals surface area contributed by atoms with Crippen LogP contribution in [0.5, 0.6) is 0 Å². The third-order valence-corrected chi connectivity index (χ3v) is 11.7. The molecule has 2 aromatic heterocycles. The van der Waals surface area contributed by atoms with E-state index in [1.54, 1.807) is 0 Å². The first kappa shape index (κ1) is 32.3. The molecule has 0 N–H and O–H groups in total. The number of aromatic nitrogens is 2. The van der Waals surface area contributed by atoms with Crippen LogP contribution in [0.15, 0.2) is 186 Å². The molecule has 1 aliphatic carbocycles. The predicted molar refractivity (Wildman–Crippen MR) is 232 cm³/mol. The summed E-state index contributed by atoms with van der Waals surface area (Å²) >= 11 is 0. The number of furan rings is 1. The molecule has 0 spiro atoms. The van der Waals surface area contributed by atoms with Gasteiger partial charge in [-0.3, -0.25) is 0 Å². The Morgan fingerprint density at radius 3 is 1.89 bits per heavy atom. The summed E-state index contributed by atoms with van der Waals surface area (Å²) < 4.78 is 6.40.